The molecule has 0 saturated heterocycles. The lowest BCUT2D eigenvalue weighted by atomic mass is 10.1. The van der Waals surface area contributed by atoms with Gasteiger partial charge in [0.1, 0.15) is 6.29 Å². The molecular formula is C10H14O. The highest BCUT2D eigenvalue weighted by molar-refractivity contribution is 5.54. The molecule has 0 aliphatic heterocycles. The maximum Gasteiger partial charge on any atom is 0.123 e. The van der Waals surface area contributed by atoms with E-state index in [2.05, 4.69) is 12.7 Å². The monoisotopic (exact) mass is 150 g/mol. The van der Waals surface area contributed by atoms with Gasteiger partial charge in [-0.1, -0.05) is 24.8 Å². The second kappa shape index (κ2) is 4.12. The number of allylic oxidation sites excluding steroid dienone is 3. The molecule has 0 radical (unpaired) electrons. The standard InChI is InChI=1S/C10H14O/c1-2-3-4-9-5-6-10(7-9)8-11/h2-4,8-10H,1,5-7H2/b4-3+. The predicted octanol–water partition coefficient (Wildman–Crippen LogP) is 2.34. The molecule has 1 saturated carbocycles. The van der Waals surface area contributed by atoms with Crippen molar-refractivity contribution < 1.29 is 4.79 Å². The van der Waals surface area contributed by atoms with E-state index in [4.69, 9.17) is 0 Å². The molecule has 0 aromatic rings. The van der Waals surface area contributed by atoms with Crippen molar-refractivity contribution >= 4 is 6.29 Å². The van der Waals surface area contributed by atoms with E-state index in [-0.39, 0.29) is 0 Å². The highest BCUT2D eigenvalue weighted by Crippen LogP contribution is 2.30. The van der Waals surface area contributed by atoms with Crippen molar-refractivity contribution in [2.45, 2.75) is 19.3 Å². The molecule has 1 aliphatic carbocycles. The molecule has 0 aromatic carbocycles. The molecule has 60 valence electrons. The van der Waals surface area contributed by atoms with E-state index in [1.54, 1.807) is 6.08 Å². The third kappa shape index (κ3) is 2.34. The Morgan fingerprint density at radius 2 is 2.00 bits per heavy atom. The summed E-state index contributed by atoms with van der Waals surface area (Å²) in [5, 5.41) is 0. The van der Waals surface area contributed by atoms with Gasteiger partial charge in [0.05, 0.1) is 0 Å². The molecule has 1 heteroatoms. The summed E-state index contributed by atoms with van der Waals surface area (Å²) >= 11 is 0. The second-order valence-electron chi connectivity index (χ2n) is 3.09. The Morgan fingerprint density at radius 3 is 2.55 bits per heavy atom. The van der Waals surface area contributed by atoms with Crippen LogP contribution in [0.2, 0.25) is 0 Å². The number of carbonyl (C=O) groups is 1. The van der Waals surface area contributed by atoms with Crippen LogP contribution in [0, 0.1) is 11.8 Å². The summed E-state index contributed by atoms with van der Waals surface area (Å²) in [6.45, 7) is 3.60. The Labute approximate surface area is 67.8 Å². The molecule has 0 bridgehead atoms. The molecule has 0 aromatic heterocycles. The SMILES string of the molecule is C=C/C=C/C1CCC(C=O)C1. The summed E-state index contributed by atoms with van der Waals surface area (Å²) in [5.74, 6) is 0.928. The van der Waals surface area contributed by atoms with Gasteiger partial charge in [0.2, 0.25) is 0 Å². The van der Waals surface area contributed by atoms with Crippen molar-refractivity contribution in [2.24, 2.45) is 11.8 Å². The summed E-state index contributed by atoms with van der Waals surface area (Å²) in [6, 6.07) is 0. The van der Waals surface area contributed by atoms with Crippen LogP contribution >= 0.6 is 0 Å². The molecule has 1 rings (SSSR count). The number of rotatable bonds is 3. The first-order valence-corrected chi connectivity index (χ1v) is 4.11. The largest absolute Gasteiger partial charge is 0.303 e. The van der Waals surface area contributed by atoms with Crippen molar-refractivity contribution in [3.8, 4) is 0 Å². The third-order valence-corrected chi connectivity index (χ3v) is 2.23. The van der Waals surface area contributed by atoms with E-state index in [1.165, 1.54) is 0 Å². The zero-order chi connectivity index (χ0) is 8.10. The Hall–Kier alpha value is -0.850. The van der Waals surface area contributed by atoms with Crippen molar-refractivity contribution in [3.63, 3.8) is 0 Å². The highest BCUT2D eigenvalue weighted by Gasteiger charge is 2.21. The highest BCUT2D eigenvalue weighted by atomic mass is 16.1. The molecule has 1 nitrogen and oxygen atoms in total. The summed E-state index contributed by atoms with van der Waals surface area (Å²) in [6.07, 6.45) is 10.3. The predicted molar refractivity (Wildman–Crippen MR) is 46.2 cm³/mol. The molecular weight excluding hydrogens is 136 g/mol. The summed E-state index contributed by atoms with van der Waals surface area (Å²) in [4.78, 5) is 10.4. The molecule has 0 N–H and O–H groups in total. The van der Waals surface area contributed by atoms with Gasteiger partial charge in [-0.05, 0) is 25.2 Å². The zero-order valence-corrected chi connectivity index (χ0v) is 6.70. The normalized spacial score (nSPS) is 30.9. The van der Waals surface area contributed by atoms with Gasteiger partial charge < -0.3 is 4.79 Å². The lowest BCUT2D eigenvalue weighted by molar-refractivity contribution is -0.110. The first-order chi connectivity index (χ1) is 5.36. The minimum atomic E-state index is 0.314. The number of aldehydes is 1. The van der Waals surface area contributed by atoms with Crippen LogP contribution in [-0.2, 0) is 4.79 Å². The van der Waals surface area contributed by atoms with Gasteiger partial charge in [0.25, 0.3) is 0 Å². The van der Waals surface area contributed by atoms with Gasteiger partial charge in [0, 0.05) is 5.92 Å². The van der Waals surface area contributed by atoms with E-state index in [0.29, 0.717) is 11.8 Å². The summed E-state index contributed by atoms with van der Waals surface area (Å²) < 4.78 is 0. The van der Waals surface area contributed by atoms with Gasteiger partial charge in [-0.2, -0.15) is 0 Å². The fourth-order valence-electron chi connectivity index (χ4n) is 1.59. The van der Waals surface area contributed by atoms with Gasteiger partial charge in [-0.25, -0.2) is 0 Å². The van der Waals surface area contributed by atoms with Crippen LogP contribution in [0.5, 0.6) is 0 Å². The van der Waals surface area contributed by atoms with E-state index in [0.717, 1.165) is 25.5 Å². The van der Waals surface area contributed by atoms with Crippen LogP contribution in [0.1, 0.15) is 19.3 Å². The van der Waals surface area contributed by atoms with E-state index in [1.807, 2.05) is 6.08 Å². The minimum absolute atomic E-state index is 0.314. The fourth-order valence-corrected chi connectivity index (χ4v) is 1.59. The Balaban J connectivity index is 2.35. The quantitative estimate of drug-likeness (QED) is 0.446. The summed E-state index contributed by atoms with van der Waals surface area (Å²) in [5.41, 5.74) is 0. The van der Waals surface area contributed by atoms with Crippen LogP contribution in [-0.4, -0.2) is 6.29 Å². The lowest BCUT2D eigenvalue weighted by Gasteiger charge is -1.99. The van der Waals surface area contributed by atoms with E-state index in [9.17, 15) is 4.79 Å². The average Bonchev–Trinajstić information content (AvgIpc) is 2.48. The van der Waals surface area contributed by atoms with Crippen molar-refractivity contribution in [2.75, 3.05) is 0 Å². The fraction of sp³-hybridized carbons (Fsp3) is 0.500. The first kappa shape index (κ1) is 8.25. The minimum Gasteiger partial charge on any atom is -0.303 e. The first-order valence-electron chi connectivity index (χ1n) is 4.11. The van der Waals surface area contributed by atoms with Gasteiger partial charge in [0.15, 0.2) is 0 Å². The van der Waals surface area contributed by atoms with Gasteiger partial charge >= 0.3 is 0 Å². The topological polar surface area (TPSA) is 17.1 Å². The Morgan fingerprint density at radius 1 is 1.27 bits per heavy atom. The van der Waals surface area contributed by atoms with Crippen LogP contribution in [0.3, 0.4) is 0 Å². The number of carbonyl (C=O) groups excluding carboxylic acids is 1. The molecule has 1 fully saturated rings. The van der Waals surface area contributed by atoms with Crippen LogP contribution in [0.15, 0.2) is 24.8 Å². The maximum absolute atomic E-state index is 10.4. The van der Waals surface area contributed by atoms with E-state index >= 15 is 0 Å². The molecule has 0 heterocycles. The second-order valence-corrected chi connectivity index (χ2v) is 3.09. The average molecular weight is 150 g/mol. The zero-order valence-electron chi connectivity index (χ0n) is 6.70. The van der Waals surface area contributed by atoms with Crippen molar-refractivity contribution in [1.82, 2.24) is 0 Å². The lowest BCUT2D eigenvalue weighted by Crippen LogP contribution is -1.94. The third-order valence-electron chi connectivity index (χ3n) is 2.23. The number of hydrogen-bond donors (Lipinski definition) is 0. The molecule has 0 spiro atoms. The Kier molecular flexibility index (Phi) is 3.09. The van der Waals surface area contributed by atoms with Crippen molar-refractivity contribution in [1.29, 1.82) is 0 Å². The maximum atomic E-state index is 10.4. The van der Waals surface area contributed by atoms with Gasteiger partial charge in [-0.15, -0.1) is 0 Å². The summed E-state index contributed by atoms with van der Waals surface area (Å²) in [7, 11) is 0. The molecule has 2 atom stereocenters. The molecule has 2 unspecified atom stereocenters. The molecule has 1 aliphatic rings. The van der Waals surface area contributed by atoms with E-state index < -0.39 is 0 Å². The molecule has 11 heavy (non-hydrogen) atoms. The van der Waals surface area contributed by atoms with Crippen LogP contribution in [0.4, 0.5) is 0 Å². The Bertz CT molecular complexity index is 170. The number of hydrogen-bond acceptors (Lipinski definition) is 1. The molecule has 0 amide bonds. The van der Waals surface area contributed by atoms with Crippen LogP contribution < -0.4 is 0 Å². The van der Waals surface area contributed by atoms with Crippen molar-refractivity contribution in [3.05, 3.63) is 24.8 Å². The van der Waals surface area contributed by atoms with Gasteiger partial charge in [-0.3, -0.25) is 0 Å². The smallest absolute Gasteiger partial charge is 0.123 e. The van der Waals surface area contributed by atoms with Crippen LogP contribution in [0.25, 0.3) is 0 Å².